The van der Waals surface area contributed by atoms with Crippen LogP contribution in [0.25, 0.3) is 0 Å². The molecule has 0 spiro atoms. The van der Waals surface area contributed by atoms with E-state index in [-0.39, 0.29) is 5.92 Å². The first-order valence-corrected chi connectivity index (χ1v) is 4.31. The first-order valence-electron chi connectivity index (χ1n) is 4.31. The molecule has 1 rings (SSSR count). The predicted molar refractivity (Wildman–Crippen MR) is 55.7 cm³/mol. The van der Waals surface area contributed by atoms with Crippen molar-refractivity contribution in [3.63, 3.8) is 0 Å². The third kappa shape index (κ3) is 2.29. The van der Waals surface area contributed by atoms with Crippen LogP contribution in [-0.2, 0) is 0 Å². The smallest absolute Gasteiger partial charge is 0.117 e. The van der Waals surface area contributed by atoms with Gasteiger partial charge in [0.1, 0.15) is 5.84 Å². The van der Waals surface area contributed by atoms with Crippen molar-refractivity contribution in [1.29, 1.82) is 5.41 Å². The number of nitrogens with one attached hydrogen (secondary N) is 1. The highest BCUT2D eigenvalue weighted by atomic mass is 15.4. The van der Waals surface area contributed by atoms with E-state index in [0.29, 0.717) is 5.84 Å². The largest absolute Gasteiger partial charge is 0.287 e. The summed E-state index contributed by atoms with van der Waals surface area (Å²) in [7, 11) is 0. The maximum absolute atomic E-state index is 7.69. The lowest BCUT2D eigenvalue weighted by molar-refractivity contribution is 0.837. The number of hydrogen-bond acceptors (Lipinski definition) is 2. The molecule has 0 aliphatic heterocycles. The Labute approximate surface area is 78.6 Å². The molecule has 3 nitrogen and oxygen atoms in total. The fourth-order valence-corrected chi connectivity index (χ4v) is 1.01. The molecule has 0 heterocycles. The van der Waals surface area contributed by atoms with Crippen molar-refractivity contribution in [2.24, 2.45) is 11.8 Å². The molecule has 0 amide bonds. The highest BCUT2D eigenvalue weighted by Crippen LogP contribution is 2.11. The van der Waals surface area contributed by atoms with Gasteiger partial charge in [-0.2, -0.15) is 0 Å². The van der Waals surface area contributed by atoms with Gasteiger partial charge in [0.25, 0.3) is 0 Å². The van der Waals surface area contributed by atoms with Gasteiger partial charge in [0.15, 0.2) is 0 Å². The zero-order chi connectivity index (χ0) is 9.84. The second kappa shape index (κ2) is 4.05. The minimum Gasteiger partial charge on any atom is -0.287 e. The standard InChI is InChI=1S/C10H15N3/c1-8(2)10(11)13(12)9-6-4-3-5-7-9/h3-8,11H,12H2,1-2H3. The molecule has 0 bridgehead atoms. The van der Waals surface area contributed by atoms with Crippen LogP contribution in [0.15, 0.2) is 30.3 Å². The molecule has 0 aliphatic carbocycles. The van der Waals surface area contributed by atoms with Gasteiger partial charge in [-0.25, -0.2) is 5.84 Å². The monoisotopic (exact) mass is 177 g/mol. The van der Waals surface area contributed by atoms with Crippen LogP contribution in [0, 0.1) is 11.3 Å². The van der Waals surface area contributed by atoms with Crippen LogP contribution in [0.3, 0.4) is 0 Å². The van der Waals surface area contributed by atoms with E-state index in [4.69, 9.17) is 11.3 Å². The molecule has 1 aromatic rings. The van der Waals surface area contributed by atoms with Gasteiger partial charge in [-0.05, 0) is 12.1 Å². The van der Waals surface area contributed by atoms with E-state index < -0.39 is 0 Å². The average Bonchev–Trinajstić information content (AvgIpc) is 2.17. The van der Waals surface area contributed by atoms with Gasteiger partial charge in [0.05, 0.1) is 5.69 Å². The fourth-order valence-electron chi connectivity index (χ4n) is 1.01. The molecule has 0 fully saturated rings. The van der Waals surface area contributed by atoms with Crippen LogP contribution >= 0.6 is 0 Å². The molecule has 0 atom stereocenters. The van der Waals surface area contributed by atoms with Crippen LogP contribution in [0.5, 0.6) is 0 Å². The molecule has 0 aromatic heterocycles. The van der Waals surface area contributed by atoms with E-state index in [1.165, 1.54) is 5.01 Å². The topological polar surface area (TPSA) is 53.1 Å². The highest BCUT2D eigenvalue weighted by molar-refractivity contribution is 5.95. The number of rotatable bonds is 2. The summed E-state index contributed by atoms with van der Waals surface area (Å²) in [6.07, 6.45) is 0. The van der Waals surface area contributed by atoms with Crippen LogP contribution < -0.4 is 10.9 Å². The number of benzene rings is 1. The van der Waals surface area contributed by atoms with Crippen LogP contribution in [-0.4, -0.2) is 5.84 Å². The maximum atomic E-state index is 7.69. The minimum atomic E-state index is 0.144. The van der Waals surface area contributed by atoms with Crippen LogP contribution in [0.1, 0.15) is 13.8 Å². The van der Waals surface area contributed by atoms with Crippen molar-refractivity contribution in [2.75, 3.05) is 5.01 Å². The van der Waals surface area contributed by atoms with E-state index in [2.05, 4.69) is 0 Å². The highest BCUT2D eigenvalue weighted by Gasteiger charge is 2.10. The predicted octanol–water partition coefficient (Wildman–Crippen LogP) is 2.00. The lowest BCUT2D eigenvalue weighted by Gasteiger charge is -2.21. The summed E-state index contributed by atoms with van der Waals surface area (Å²) in [4.78, 5) is 0. The molecule has 13 heavy (non-hydrogen) atoms. The van der Waals surface area contributed by atoms with Gasteiger partial charge >= 0.3 is 0 Å². The summed E-state index contributed by atoms with van der Waals surface area (Å²) in [5.74, 6) is 6.31. The average molecular weight is 177 g/mol. The first-order chi connectivity index (χ1) is 6.13. The lowest BCUT2D eigenvalue weighted by atomic mass is 10.2. The van der Waals surface area contributed by atoms with E-state index in [0.717, 1.165) is 5.69 Å². The Kier molecular flexibility index (Phi) is 3.03. The Morgan fingerprint density at radius 1 is 1.31 bits per heavy atom. The molecule has 3 heteroatoms. The Hall–Kier alpha value is -1.35. The number of nitrogens with two attached hydrogens (primary N) is 1. The molecule has 0 unspecified atom stereocenters. The van der Waals surface area contributed by atoms with E-state index in [1.54, 1.807) is 0 Å². The van der Waals surface area contributed by atoms with E-state index >= 15 is 0 Å². The van der Waals surface area contributed by atoms with Crippen molar-refractivity contribution in [3.05, 3.63) is 30.3 Å². The Bertz CT molecular complexity index is 279. The first kappa shape index (κ1) is 9.74. The van der Waals surface area contributed by atoms with Gasteiger partial charge in [-0.15, -0.1) is 0 Å². The number of amidine groups is 1. The maximum Gasteiger partial charge on any atom is 0.117 e. The van der Waals surface area contributed by atoms with E-state index in [1.807, 2.05) is 44.2 Å². The zero-order valence-electron chi connectivity index (χ0n) is 7.99. The normalized spacial score (nSPS) is 10.2. The van der Waals surface area contributed by atoms with Gasteiger partial charge in [0, 0.05) is 5.92 Å². The van der Waals surface area contributed by atoms with Crippen molar-refractivity contribution >= 4 is 11.5 Å². The zero-order valence-corrected chi connectivity index (χ0v) is 7.99. The van der Waals surface area contributed by atoms with Gasteiger partial charge < -0.3 is 0 Å². The summed E-state index contributed by atoms with van der Waals surface area (Å²) >= 11 is 0. The number of nitrogens with zero attached hydrogens (tertiary/aromatic N) is 1. The number of hydrogen-bond donors (Lipinski definition) is 2. The minimum absolute atomic E-state index is 0.144. The molecule has 0 saturated heterocycles. The molecular formula is C10H15N3. The summed E-state index contributed by atoms with van der Waals surface area (Å²) in [6, 6.07) is 9.51. The van der Waals surface area contributed by atoms with Crippen molar-refractivity contribution in [3.8, 4) is 0 Å². The van der Waals surface area contributed by atoms with Gasteiger partial charge in [0.2, 0.25) is 0 Å². The molecule has 0 aliphatic rings. The SMILES string of the molecule is CC(C)C(=N)N(N)c1ccccc1. The molecule has 0 radical (unpaired) electrons. The number of hydrazine groups is 1. The van der Waals surface area contributed by atoms with Crippen molar-refractivity contribution in [1.82, 2.24) is 0 Å². The molecule has 0 saturated carbocycles. The molecular weight excluding hydrogens is 162 g/mol. The van der Waals surface area contributed by atoms with Crippen LogP contribution in [0.2, 0.25) is 0 Å². The Balaban J connectivity index is 2.80. The van der Waals surface area contributed by atoms with Crippen molar-refractivity contribution in [2.45, 2.75) is 13.8 Å². The lowest BCUT2D eigenvalue weighted by Crippen LogP contribution is -2.39. The molecule has 1 aromatic carbocycles. The third-order valence-corrected chi connectivity index (χ3v) is 1.84. The number of para-hydroxylation sites is 1. The summed E-state index contributed by atoms with van der Waals surface area (Å²) in [5, 5.41) is 9.10. The number of anilines is 1. The van der Waals surface area contributed by atoms with Gasteiger partial charge in [-0.1, -0.05) is 32.0 Å². The summed E-state index contributed by atoms with van der Waals surface area (Å²) < 4.78 is 0. The second-order valence-corrected chi connectivity index (χ2v) is 3.25. The van der Waals surface area contributed by atoms with Crippen molar-refractivity contribution < 1.29 is 0 Å². The second-order valence-electron chi connectivity index (χ2n) is 3.25. The summed E-state index contributed by atoms with van der Waals surface area (Å²) in [5.41, 5.74) is 0.848. The third-order valence-electron chi connectivity index (χ3n) is 1.84. The molecule has 70 valence electrons. The summed E-state index contributed by atoms with van der Waals surface area (Å²) in [6.45, 7) is 3.90. The Morgan fingerprint density at radius 3 is 2.31 bits per heavy atom. The van der Waals surface area contributed by atoms with Gasteiger partial charge in [-0.3, -0.25) is 10.4 Å². The van der Waals surface area contributed by atoms with Crippen LogP contribution in [0.4, 0.5) is 5.69 Å². The fraction of sp³-hybridized carbons (Fsp3) is 0.300. The van der Waals surface area contributed by atoms with E-state index in [9.17, 15) is 0 Å². The quantitative estimate of drug-likeness (QED) is 0.314. The Morgan fingerprint density at radius 2 is 1.85 bits per heavy atom. The molecule has 3 N–H and O–H groups in total.